The van der Waals surface area contributed by atoms with Crippen LogP contribution in [-0.2, 0) is 51.6 Å². The molecule has 1 aliphatic carbocycles. The third-order valence-electron chi connectivity index (χ3n) is 16.4. The molecular formula is C61H70N9O13P. The fourth-order valence-electron chi connectivity index (χ4n) is 12.1. The van der Waals surface area contributed by atoms with Crippen molar-refractivity contribution in [3.05, 3.63) is 142 Å². The Balaban J connectivity index is 0.861. The molecule has 4 heterocycles. The van der Waals surface area contributed by atoms with Crippen LogP contribution < -0.4 is 27.4 Å². The second-order valence-electron chi connectivity index (χ2n) is 22.2. The number of primary amides is 1. The molecule has 3 fully saturated rings. The number of fused-ring (bicyclic) bond motifs is 3. The van der Waals surface area contributed by atoms with Crippen LogP contribution in [0.2, 0.25) is 0 Å². The second kappa shape index (κ2) is 26.5. The van der Waals surface area contributed by atoms with Crippen LogP contribution in [0.5, 0.6) is 0 Å². The molecule has 2 saturated heterocycles. The average molecular weight is 1170 g/mol. The number of hydrogen-bond acceptors (Lipinski definition) is 11. The van der Waals surface area contributed by atoms with Gasteiger partial charge in [-0.25, -0.2) is 4.79 Å². The lowest BCUT2D eigenvalue weighted by Gasteiger charge is -2.39. The first kappa shape index (κ1) is 60.3. The molecule has 2 aliphatic heterocycles. The summed E-state index contributed by atoms with van der Waals surface area (Å²) in [4.78, 5) is 160. The number of unbranched alkanes of at least 4 members (excludes halogenated alkanes) is 5. The van der Waals surface area contributed by atoms with Crippen molar-refractivity contribution in [3.63, 3.8) is 0 Å². The van der Waals surface area contributed by atoms with E-state index in [9.17, 15) is 57.5 Å². The summed E-state index contributed by atoms with van der Waals surface area (Å²) < 4.78 is 14.9. The number of rotatable bonds is 23. The van der Waals surface area contributed by atoms with Gasteiger partial charge in [0.15, 0.2) is 5.78 Å². The molecule has 6 aromatic rings. The van der Waals surface area contributed by atoms with Gasteiger partial charge in [0, 0.05) is 61.9 Å². The summed E-state index contributed by atoms with van der Waals surface area (Å²) in [5.74, 6) is -3.93. The predicted octanol–water partition coefficient (Wildman–Crippen LogP) is 5.32. The molecule has 442 valence electrons. The van der Waals surface area contributed by atoms with Crippen molar-refractivity contribution in [3.8, 4) is 0 Å². The number of aryl methyl sites for hydroxylation is 2. The Hall–Kier alpha value is -8.33. The van der Waals surface area contributed by atoms with Gasteiger partial charge in [0.25, 0.3) is 11.4 Å². The van der Waals surface area contributed by atoms with Gasteiger partial charge in [-0.3, -0.25) is 56.9 Å². The number of amides is 6. The molecule has 6 amide bonds. The summed E-state index contributed by atoms with van der Waals surface area (Å²) in [6.45, 7) is -0.0520. The quantitative estimate of drug-likeness (QED) is 0.0243. The van der Waals surface area contributed by atoms with E-state index in [1.54, 1.807) is 16.5 Å². The highest BCUT2D eigenvalue weighted by Crippen LogP contribution is 2.40. The van der Waals surface area contributed by atoms with Crippen LogP contribution in [0.3, 0.4) is 0 Å². The molecule has 1 saturated carbocycles. The van der Waals surface area contributed by atoms with Gasteiger partial charge in [0.1, 0.15) is 29.6 Å². The first-order chi connectivity index (χ1) is 40.3. The Kier molecular flexibility index (Phi) is 19.0. The maximum Gasteiger partial charge on any atom is 0.396 e. The highest BCUT2D eigenvalue weighted by Gasteiger charge is 2.46. The van der Waals surface area contributed by atoms with Crippen molar-refractivity contribution in [2.24, 2.45) is 12.8 Å². The van der Waals surface area contributed by atoms with E-state index < -0.39 is 78.9 Å². The van der Waals surface area contributed by atoms with Crippen molar-refractivity contribution >= 4 is 82.1 Å². The van der Waals surface area contributed by atoms with E-state index in [2.05, 4.69) is 20.9 Å². The van der Waals surface area contributed by atoms with E-state index >= 15 is 4.79 Å². The zero-order valence-electron chi connectivity index (χ0n) is 46.7. The van der Waals surface area contributed by atoms with E-state index in [0.29, 0.717) is 43.1 Å². The molecule has 4 aromatic carbocycles. The summed E-state index contributed by atoms with van der Waals surface area (Å²) in [5.41, 5.74) is 7.86. The normalized spacial score (nSPS) is 18.8. The number of Topliss-reactive ketones (excluding diaryl/α,β-unsaturated/α-hetero) is 2. The van der Waals surface area contributed by atoms with Crippen molar-refractivity contribution in [2.45, 2.75) is 139 Å². The fraction of sp³-hybridized carbons (Fsp3) is 0.410. The zero-order chi connectivity index (χ0) is 59.8. The molecule has 8 N–H and O–H groups in total. The van der Waals surface area contributed by atoms with Crippen LogP contribution in [0.1, 0.15) is 146 Å². The van der Waals surface area contributed by atoms with E-state index in [4.69, 9.17) is 5.73 Å². The molecule has 0 spiro atoms. The zero-order valence-corrected chi connectivity index (χ0v) is 47.6. The third-order valence-corrected chi connectivity index (χ3v) is 17.2. The topological polar surface area (TPSA) is 322 Å². The van der Waals surface area contributed by atoms with Gasteiger partial charge in [-0.05, 0) is 98.4 Å². The lowest BCUT2D eigenvalue weighted by atomic mass is 9.92. The Morgan fingerprint density at radius 1 is 0.774 bits per heavy atom. The number of nitrogens with zero attached hydrogens (tertiary/aromatic N) is 4. The molecular weight excluding hydrogens is 1100 g/mol. The lowest BCUT2D eigenvalue weighted by Crippen LogP contribution is -2.62. The predicted molar refractivity (Wildman–Crippen MR) is 310 cm³/mol. The number of hydrogen-bond donors (Lipinski definition) is 7. The molecule has 5 atom stereocenters. The van der Waals surface area contributed by atoms with Crippen LogP contribution in [-0.4, -0.2) is 123 Å². The Morgan fingerprint density at radius 2 is 1.46 bits per heavy atom. The van der Waals surface area contributed by atoms with Crippen LogP contribution in [0.25, 0.3) is 21.9 Å². The number of carbonyl (C=O) groups excluding carboxylic acids is 9. The van der Waals surface area contributed by atoms with Gasteiger partial charge in [0.2, 0.25) is 29.5 Å². The van der Waals surface area contributed by atoms with Crippen molar-refractivity contribution in [1.82, 2.24) is 39.9 Å². The standard InChI is InChI=1S/C61H70N9O13P/c1-67-55-39(20-14-21-49(55)70(61(67)80)48-29-25-43(71)35-51(48)72)19-8-4-2-3-5-13-22-53(74)68-32-31-42-24-28-50(58(77)64-45(27-30-52(62)73)56(75)66-54(37-15-9-6-10-16-37)38-17-11-7-12-18-38)69(42)59(78)47(36-68)65-57(76)46-34-41-33-40(23-26-44(41)63-46)60(79)84(81,82)83/h6-7,9-12,14-18,20-21,23,26,33-34,42,45,47-48,50,54,63H,2-5,8,13,19,22,24-25,27-32,35-36H2,1H3,(H2,62,73)(H,64,77)(H,65,76)(H,66,75)(H2,81,82,83)/t42-,45+,47+,48?,50+/m1/s1. The lowest BCUT2D eigenvalue weighted by molar-refractivity contribution is -0.145. The van der Waals surface area contributed by atoms with Gasteiger partial charge in [-0.15, -0.1) is 0 Å². The second-order valence-corrected chi connectivity index (χ2v) is 23.7. The van der Waals surface area contributed by atoms with Gasteiger partial charge < -0.3 is 46.3 Å². The molecule has 2 aromatic heterocycles. The van der Waals surface area contributed by atoms with Gasteiger partial charge in [0.05, 0.1) is 29.5 Å². The van der Waals surface area contributed by atoms with E-state index in [1.807, 2.05) is 78.9 Å². The number of para-hydroxylation sites is 1. The van der Waals surface area contributed by atoms with E-state index in [1.165, 1.54) is 33.7 Å². The highest BCUT2D eigenvalue weighted by molar-refractivity contribution is 7.70. The average Bonchev–Trinajstić information content (AvgIpc) is 4.22. The smallest absolute Gasteiger partial charge is 0.370 e. The SMILES string of the molecule is Cn1c(=O)n(C2CCC(=O)CC2=O)c2cccc(CCCCCCCCC(=O)N3CC[C@H]4CC[C@@H](C(=O)N[C@@H](CCC(N)=O)C(=O)NC(c5ccccc5)c5ccccc5)N4C(=O)[C@@H](NC(=O)c4cc5cc(C(=O)P(=O)(O)O)ccc5[nH]4)C3)c21. The number of imidazole rings is 1. The number of nitrogens with two attached hydrogens (primary N) is 1. The molecule has 3 aliphatic rings. The Labute approximate surface area is 484 Å². The number of nitrogens with one attached hydrogen (secondary N) is 4. The Morgan fingerprint density at radius 3 is 2.14 bits per heavy atom. The number of aromatic amines is 1. The molecule has 22 nitrogen and oxygen atoms in total. The van der Waals surface area contributed by atoms with E-state index in [-0.39, 0.29) is 91.4 Å². The van der Waals surface area contributed by atoms with Crippen molar-refractivity contribution in [2.75, 3.05) is 13.1 Å². The third kappa shape index (κ3) is 13.8. The molecule has 9 rings (SSSR count). The number of ketones is 2. The van der Waals surface area contributed by atoms with Crippen LogP contribution in [0.4, 0.5) is 0 Å². The van der Waals surface area contributed by atoms with Crippen LogP contribution in [0, 0.1) is 0 Å². The minimum Gasteiger partial charge on any atom is -0.370 e. The number of H-pyrrole nitrogens is 1. The summed E-state index contributed by atoms with van der Waals surface area (Å²) in [6, 6.07) is 23.8. The molecule has 0 bridgehead atoms. The first-order valence-corrected chi connectivity index (χ1v) is 30.2. The monoisotopic (exact) mass is 1170 g/mol. The van der Waals surface area contributed by atoms with Crippen LogP contribution in [0.15, 0.2) is 108 Å². The Bertz CT molecular complexity index is 3570. The van der Waals surface area contributed by atoms with Crippen molar-refractivity contribution < 1.29 is 57.5 Å². The minimum absolute atomic E-state index is 0.0628. The van der Waals surface area contributed by atoms with Crippen LogP contribution >= 0.6 is 7.60 Å². The maximum atomic E-state index is 15.1. The maximum absolute atomic E-state index is 15.1. The van der Waals surface area contributed by atoms with Gasteiger partial charge >= 0.3 is 13.3 Å². The molecule has 23 heteroatoms. The highest BCUT2D eigenvalue weighted by atomic mass is 31.2. The van der Waals surface area contributed by atoms with Gasteiger partial charge in [-0.2, -0.15) is 0 Å². The number of benzene rings is 4. The molecule has 0 radical (unpaired) electrons. The minimum atomic E-state index is -5.12. The number of carbonyl (C=O) groups is 9. The largest absolute Gasteiger partial charge is 0.396 e. The van der Waals surface area contributed by atoms with Crippen molar-refractivity contribution in [1.29, 1.82) is 0 Å². The summed E-state index contributed by atoms with van der Waals surface area (Å²) in [6.07, 6.45) is 6.53. The molecule has 1 unspecified atom stereocenters. The fourth-order valence-corrected chi connectivity index (χ4v) is 12.6. The van der Waals surface area contributed by atoms with Gasteiger partial charge in [-0.1, -0.05) is 98.5 Å². The first-order valence-electron chi connectivity index (χ1n) is 28.6. The molecule has 84 heavy (non-hydrogen) atoms. The summed E-state index contributed by atoms with van der Waals surface area (Å²) in [5, 5.41) is 8.92. The van der Waals surface area contributed by atoms with E-state index in [0.717, 1.165) is 54.3 Å². The number of aromatic nitrogens is 3. The summed E-state index contributed by atoms with van der Waals surface area (Å²) >= 11 is 0. The summed E-state index contributed by atoms with van der Waals surface area (Å²) in [7, 11) is -3.42.